The number of unbranched alkanes of at least 4 members (excludes halogenated alkanes) is 9. The van der Waals surface area contributed by atoms with Crippen molar-refractivity contribution in [2.75, 3.05) is 38.4 Å². The fraction of sp³-hybridized carbons (Fsp3) is 0.750. The molecule has 0 heterocycles. The Morgan fingerprint density at radius 2 is 1.61 bits per heavy atom. The van der Waals surface area contributed by atoms with Crippen LogP contribution in [0.1, 0.15) is 69.8 Å². The number of methoxy groups -OCH3 is 1. The van der Waals surface area contributed by atoms with Crippen LogP contribution in [0.5, 0.6) is 0 Å². The molecule has 0 spiro atoms. The molecule has 180 valence electrons. The molecule has 1 aromatic carbocycles. The number of benzene rings is 1. The smallest absolute Gasteiger partial charge is 0.192 e. The second-order valence-corrected chi connectivity index (χ2v) is 11.5. The zero-order chi connectivity index (χ0) is 22.6. The molecule has 0 saturated carbocycles. The minimum absolute atomic E-state index is 0.138. The van der Waals surface area contributed by atoms with Gasteiger partial charge in [0.05, 0.1) is 13.2 Å². The summed E-state index contributed by atoms with van der Waals surface area (Å²) in [5.41, 5.74) is 1.48. The van der Waals surface area contributed by atoms with Crippen LogP contribution in [-0.4, -0.2) is 44.5 Å². The highest BCUT2D eigenvalue weighted by atomic mass is 127. The molecule has 2 unspecified atom stereocenters. The van der Waals surface area contributed by atoms with Crippen LogP contribution in [0.3, 0.4) is 0 Å². The van der Waals surface area contributed by atoms with E-state index in [4.69, 9.17) is 14.0 Å². The fourth-order valence-electron chi connectivity index (χ4n) is 3.37. The summed E-state index contributed by atoms with van der Waals surface area (Å²) < 4.78 is 29.2. The summed E-state index contributed by atoms with van der Waals surface area (Å²) in [6, 6.07) is 8.86. The topological polar surface area (TPSA) is 44.8 Å². The summed E-state index contributed by atoms with van der Waals surface area (Å²) in [6.07, 6.45) is 14.7. The maximum absolute atomic E-state index is 11.6. The second kappa shape index (κ2) is 21.1. The number of hydrogen-bond acceptors (Lipinski definition) is 4. The van der Waals surface area contributed by atoms with Crippen LogP contribution in [-0.2, 0) is 25.0 Å². The van der Waals surface area contributed by atoms with Gasteiger partial charge in [-0.25, -0.2) is 0 Å². The third-order valence-corrected chi connectivity index (χ3v) is 8.21. The van der Waals surface area contributed by atoms with Gasteiger partial charge in [0, 0.05) is 28.8 Å². The van der Waals surface area contributed by atoms with E-state index in [2.05, 4.69) is 62.8 Å². The van der Waals surface area contributed by atoms with Crippen molar-refractivity contribution in [2.45, 2.75) is 76.7 Å². The van der Waals surface area contributed by atoms with Crippen LogP contribution < -0.4 is 0 Å². The Labute approximate surface area is 212 Å². The Balaban J connectivity index is 1.83. The van der Waals surface area contributed by atoms with Gasteiger partial charge >= 0.3 is 0 Å². The molecule has 0 aromatic heterocycles. The van der Waals surface area contributed by atoms with Gasteiger partial charge in [0.1, 0.15) is 6.10 Å². The first-order valence-electron chi connectivity index (χ1n) is 11.7. The molecule has 2 atom stereocenters. The Morgan fingerprint density at radius 3 is 2.23 bits per heavy atom. The van der Waals surface area contributed by atoms with Crippen molar-refractivity contribution in [1.29, 1.82) is 0 Å². The molecule has 0 bridgehead atoms. The quantitative estimate of drug-likeness (QED) is 0.0606. The van der Waals surface area contributed by atoms with Gasteiger partial charge in [-0.15, -0.1) is 0 Å². The average Bonchev–Trinajstić information content (AvgIpc) is 2.76. The maximum atomic E-state index is 11.6. The molecule has 0 N–H and O–H groups in total. The summed E-state index contributed by atoms with van der Waals surface area (Å²) in [7, 11) is -0.305. The first kappa shape index (κ1) is 29.6. The third kappa shape index (κ3) is 17.7. The predicted octanol–water partition coefficient (Wildman–Crippen LogP) is 7.65. The Kier molecular flexibility index (Phi) is 20.1. The zero-order valence-corrected chi connectivity index (χ0v) is 23.8. The second-order valence-electron chi connectivity index (χ2n) is 7.97. The zero-order valence-electron chi connectivity index (χ0n) is 19.1. The highest BCUT2D eigenvalue weighted by Gasteiger charge is 2.10. The molecule has 7 heteroatoms. The predicted molar refractivity (Wildman–Crippen MR) is 144 cm³/mol. The number of aryl methyl sites for hydroxylation is 1. The number of hydrogen-bond donors (Lipinski definition) is 0. The van der Waals surface area contributed by atoms with E-state index in [1.807, 2.05) is 0 Å². The average molecular weight is 631 g/mol. The minimum Gasteiger partial charge on any atom is -0.379 e. The lowest BCUT2D eigenvalue weighted by atomic mass is 10.0. The molecule has 0 aliphatic rings. The Hall–Kier alpha value is 0.540. The SMILES string of the molecule is COC(COCCCCCCCCCCCCc1cccc(I)c1)CO[PH](=O)CCBr. The van der Waals surface area contributed by atoms with Crippen molar-refractivity contribution in [3.63, 3.8) is 0 Å². The van der Waals surface area contributed by atoms with Gasteiger partial charge in [0.15, 0.2) is 8.03 Å². The van der Waals surface area contributed by atoms with E-state index in [0.29, 0.717) is 24.7 Å². The Morgan fingerprint density at radius 1 is 0.968 bits per heavy atom. The molecule has 0 aliphatic heterocycles. The Bertz CT molecular complexity index is 576. The third-order valence-electron chi connectivity index (χ3n) is 5.26. The lowest BCUT2D eigenvalue weighted by molar-refractivity contribution is -0.0138. The molecule has 0 fully saturated rings. The molecule has 0 aliphatic carbocycles. The van der Waals surface area contributed by atoms with Gasteiger partial charge < -0.3 is 14.0 Å². The van der Waals surface area contributed by atoms with E-state index >= 15 is 0 Å². The van der Waals surface area contributed by atoms with E-state index in [-0.39, 0.29) is 6.10 Å². The minimum atomic E-state index is -1.95. The van der Waals surface area contributed by atoms with Gasteiger partial charge in [-0.2, -0.15) is 0 Å². The molecule has 1 rings (SSSR count). The molecular weight excluding hydrogens is 590 g/mol. The first-order valence-corrected chi connectivity index (χ1v) is 15.4. The molecule has 1 aromatic rings. The van der Waals surface area contributed by atoms with Crippen LogP contribution in [0.15, 0.2) is 24.3 Å². The van der Waals surface area contributed by atoms with Gasteiger partial charge in [0.25, 0.3) is 0 Å². The van der Waals surface area contributed by atoms with Crippen LogP contribution in [0, 0.1) is 3.57 Å². The molecule has 0 amide bonds. The van der Waals surface area contributed by atoms with Gasteiger partial charge in [-0.1, -0.05) is 79.4 Å². The highest BCUT2D eigenvalue weighted by molar-refractivity contribution is 14.1. The first-order chi connectivity index (χ1) is 15.2. The molecule has 0 saturated heterocycles. The molecule has 0 radical (unpaired) electrons. The summed E-state index contributed by atoms with van der Waals surface area (Å²) in [5.74, 6) is 0. The van der Waals surface area contributed by atoms with E-state index in [1.165, 1.54) is 73.3 Å². The normalized spacial score (nSPS) is 13.4. The van der Waals surface area contributed by atoms with Crippen molar-refractivity contribution in [1.82, 2.24) is 0 Å². The van der Waals surface area contributed by atoms with Gasteiger partial charge in [-0.05, 0) is 59.5 Å². The van der Waals surface area contributed by atoms with Crippen LogP contribution in [0.2, 0.25) is 0 Å². The largest absolute Gasteiger partial charge is 0.379 e. The summed E-state index contributed by atoms with van der Waals surface area (Å²) in [4.78, 5) is 0. The highest BCUT2D eigenvalue weighted by Crippen LogP contribution is 2.22. The number of alkyl halides is 1. The van der Waals surface area contributed by atoms with E-state index in [1.54, 1.807) is 7.11 Å². The molecule has 4 nitrogen and oxygen atoms in total. The standard InChI is InChI=1S/C24H41BrIO4P/c1-28-24(21-30-31(27)18-16-25)20-29-17-11-9-7-5-3-2-4-6-8-10-13-22-14-12-15-23(26)19-22/h12,14-15,19,24,31H,2-11,13,16-18,20-21H2,1H3. The molecular formula is C24H41BrIO4P. The maximum Gasteiger partial charge on any atom is 0.192 e. The number of rotatable bonds is 21. The van der Waals surface area contributed by atoms with Crippen molar-refractivity contribution >= 4 is 46.5 Å². The number of ether oxygens (including phenoxy) is 2. The van der Waals surface area contributed by atoms with Crippen molar-refractivity contribution in [2.24, 2.45) is 0 Å². The summed E-state index contributed by atoms with van der Waals surface area (Å²) in [5, 5.41) is 0.702. The van der Waals surface area contributed by atoms with Crippen LogP contribution >= 0.6 is 46.5 Å². The van der Waals surface area contributed by atoms with Gasteiger partial charge in [-0.3, -0.25) is 4.57 Å². The lowest BCUT2D eigenvalue weighted by Gasteiger charge is -2.15. The van der Waals surface area contributed by atoms with E-state index in [9.17, 15) is 4.57 Å². The lowest BCUT2D eigenvalue weighted by Crippen LogP contribution is -2.23. The van der Waals surface area contributed by atoms with Crippen molar-refractivity contribution < 1.29 is 18.6 Å². The number of halogens is 2. The van der Waals surface area contributed by atoms with Crippen molar-refractivity contribution in [3.05, 3.63) is 33.4 Å². The van der Waals surface area contributed by atoms with E-state index in [0.717, 1.165) is 13.0 Å². The van der Waals surface area contributed by atoms with Crippen LogP contribution in [0.25, 0.3) is 0 Å². The van der Waals surface area contributed by atoms with Gasteiger partial charge in [0.2, 0.25) is 0 Å². The molecule has 31 heavy (non-hydrogen) atoms. The van der Waals surface area contributed by atoms with Crippen LogP contribution in [0.4, 0.5) is 0 Å². The fourth-order valence-corrected chi connectivity index (χ4v) is 5.62. The summed E-state index contributed by atoms with van der Waals surface area (Å²) >= 11 is 5.66. The summed E-state index contributed by atoms with van der Waals surface area (Å²) in [6.45, 7) is 1.60. The monoisotopic (exact) mass is 630 g/mol. The van der Waals surface area contributed by atoms with E-state index < -0.39 is 8.03 Å². The van der Waals surface area contributed by atoms with Crippen molar-refractivity contribution in [3.8, 4) is 0 Å².